The Morgan fingerprint density at radius 1 is 0.906 bits per heavy atom. The van der Waals surface area contributed by atoms with Crippen LogP contribution in [0.25, 0.3) is 11.4 Å². The van der Waals surface area contributed by atoms with Gasteiger partial charge in [-0.1, -0.05) is 36.8 Å². The topological polar surface area (TPSA) is 92.3 Å². The van der Waals surface area contributed by atoms with Gasteiger partial charge in [0, 0.05) is 43.2 Å². The number of hydrogen-bond acceptors (Lipinski definition) is 5. The summed E-state index contributed by atoms with van der Waals surface area (Å²) in [6.07, 6.45) is 6.97. The van der Waals surface area contributed by atoms with Crippen molar-refractivity contribution in [3.05, 3.63) is 78.1 Å². The predicted molar refractivity (Wildman–Crippen MR) is 123 cm³/mol. The number of nitrogens with zero attached hydrogens (tertiary/aromatic N) is 3. The highest BCUT2D eigenvalue weighted by atomic mass is 32.2. The van der Waals surface area contributed by atoms with E-state index in [4.69, 9.17) is 0 Å². The van der Waals surface area contributed by atoms with Crippen molar-refractivity contribution in [2.45, 2.75) is 30.6 Å². The Labute approximate surface area is 188 Å². The van der Waals surface area contributed by atoms with Crippen LogP contribution in [0.2, 0.25) is 0 Å². The van der Waals surface area contributed by atoms with Crippen LogP contribution in [0.5, 0.6) is 0 Å². The van der Waals surface area contributed by atoms with Crippen LogP contribution >= 0.6 is 0 Å². The summed E-state index contributed by atoms with van der Waals surface area (Å²) in [4.78, 5) is 21.4. The maximum absolute atomic E-state index is 12.7. The van der Waals surface area contributed by atoms with Gasteiger partial charge in [-0.05, 0) is 49.1 Å². The average Bonchev–Trinajstić information content (AvgIpc) is 2.85. The predicted octanol–water partition coefficient (Wildman–Crippen LogP) is 3.29. The second kappa shape index (κ2) is 10.0. The number of amides is 1. The Morgan fingerprint density at radius 2 is 1.56 bits per heavy atom. The molecule has 0 saturated carbocycles. The van der Waals surface area contributed by atoms with Crippen LogP contribution in [-0.2, 0) is 16.4 Å². The third-order valence-electron chi connectivity index (χ3n) is 5.51. The molecule has 0 aliphatic carbocycles. The van der Waals surface area contributed by atoms with E-state index in [1.165, 1.54) is 16.4 Å². The number of benzene rings is 2. The third kappa shape index (κ3) is 5.20. The number of nitrogens with one attached hydrogen (secondary N) is 1. The molecule has 0 atom stereocenters. The van der Waals surface area contributed by atoms with Crippen LogP contribution in [0, 0.1) is 0 Å². The van der Waals surface area contributed by atoms with E-state index in [0.29, 0.717) is 37.4 Å². The van der Waals surface area contributed by atoms with E-state index in [9.17, 15) is 13.2 Å². The first kappa shape index (κ1) is 22.1. The molecule has 1 aliphatic rings. The van der Waals surface area contributed by atoms with Crippen molar-refractivity contribution in [1.29, 1.82) is 0 Å². The van der Waals surface area contributed by atoms with E-state index < -0.39 is 10.0 Å². The Kier molecular flexibility index (Phi) is 6.92. The van der Waals surface area contributed by atoms with Gasteiger partial charge in [-0.15, -0.1) is 0 Å². The van der Waals surface area contributed by atoms with Gasteiger partial charge in [-0.3, -0.25) is 4.79 Å². The van der Waals surface area contributed by atoms with Crippen molar-refractivity contribution in [2.24, 2.45) is 0 Å². The second-order valence-corrected chi connectivity index (χ2v) is 9.71. The van der Waals surface area contributed by atoms with Crippen molar-refractivity contribution in [3.8, 4) is 11.4 Å². The standard InChI is InChI=1S/C24H26N4O3S/c29-24(21-9-11-22(12-10-21)32(30,31)28-15-5-2-6-16-28)25-14-13-19-17-26-23(27-18-19)20-7-3-1-4-8-20/h1,3-4,7-12,17-18H,2,5-6,13-16H2,(H,25,29). The molecule has 1 saturated heterocycles. The van der Waals surface area contributed by atoms with Gasteiger partial charge in [0.15, 0.2) is 5.82 Å². The van der Waals surface area contributed by atoms with Crippen LogP contribution in [0.3, 0.4) is 0 Å². The first-order chi connectivity index (χ1) is 15.5. The van der Waals surface area contributed by atoms with Gasteiger partial charge in [-0.25, -0.2) is 18.4 Å². The van der Waals surface area contributed by atoms with Gasteiger partial charge >= 0.3 is 0 Å². The number of piperidine rings is 1. The monoisotopic (exact) mass is 450 g/mol. The maximum atomic E-state index is 12.7. The molecule has 0 bridgehead atoms. The molecule has 1 fully saturated rings. The molecular weight excluding hydrogens is 424 g/mol. The first-order valence-electron chi connectivity index (χ1n) is 10.8. The molecule has 8 heteroatoms. The SMILES string of the molecule is O=C(NCCc1cnc(-c2ccccc2)nc1)c1ccc(S(=O)(=O)N2CCCCC2)cc1. The molecule has 4 rings (SSSR count). The van der Waals surface area contributed by atoms with E-state index >= 15 is 0 Å². The summed E-state index contributed by atoms with van der Waals surface area (Å²) >= 11 is 0. The van der Waals surface area contributed by atoms with Gasteiger partial charge in [-0.2, -0.15) is 4.31 Å². The van der Waals surface area contributed by atoms with Crippen molar-refractivity contribution < 1.29 is 13.2 Å². The quantitative estimate of drug-likeness (QED) is 0.596. The van der Waals surface area contributed by atoms with E-state index in [1.807, 2.05) is 30.3 Å². The van der Waals surface area contributed by atoms with Crippen molar-refractivity contribution >= 4 is 15.9 Å². The fourth-order valence-corrected chi connectivity index (χ4v) is 5.19. The molecule has 32 heavy (non-hydrogen) atoms. The van der Waals surface area contributed by atoms with Gasteiger partial charge in [0.1, 0.15) is 0 Å². The van der Waals surface area contributed by atoms with Crippen molar-refractivity contribution in [1.82, 2.24) is 19.6 Å². The molecule has 2 heterocycles. The molecule has 2 aromatic carbocycles. The number of sulfonamides is 1. The minimum Gasteiger partial charge on any atom is -0.352 e. The zero-order chi connectivity index (χ0) is 22.4. The fourth-order valence-electron chi connectivity index (χ4n) is 3.68. The molecule has 0 unspecified atom stereocenters. The summed E-state index contributed by atoms with van der Waals surface area (Å²) < 4.78 is 27.0. The van der Waals surface area contributed by atoms with E-state index in [1.54, 1.807) is 24.5 Å². The summed E-state index contributed by atoms with van der Waals surface area (Å²) in [5.41, 5.74) is 2.31. The van der Waals surface area contributed by atoms with Crippen LogP contribution in [0.15, 0.2) is 71.9 Å². The maximum Gasteiger partial charge on any atom is 0.251 e. The number of hydrogen-bond donors (Lipinski definition) is 1. The molecule has 1 N–H and O–H groups in total. The van der Waals surface area contributed by atoms with Crippen LogP contribution in [0.1, 0.15) is 35.2 Å². The van der Waals surface area contributed by atoms with Crippen LogP contribution in [0.4, 0.5) is 0 Å². The third-order valence-corrected chi connectivity index (χ3v) is 7.42. The van der Waals surface area contributed by atoms with Gasteiger partial charge in [0.2, 0.25) is 10.0 Å². The smallest absolute Gasteiger partial charge is 0.251 e. The molecule has 1 aliphatic heterocycles. The summed E-state index contributed by atoms with van der Waals surface area (Å²) in [5, 5.41) is 2.86. The molecule has 3 aromatic rings. The Hall–Kier alpha value is -3.10. The van der Waals surface area contributed by atoms with E-state index in [0.717, 1.165) is 30.4 Å². The minimum absolute atomic E-state index is 0.228. The molecule has 1 amide bonds. The largest absolute Gasteiger partial charge is 0.352 e. The summed E-state index contributed by atoms with van der Waals surface area (Å²) in [6, 6.07) is 15.9. The van der Waals surface area contributed by atoms with Crippen molar-refractivity contribution in [3.63, 3.8) is 0 Å². The van der Waals surface area contributed by atoms with Crippen LogP contribution in [-0.4, -0.2) is 48.2 Å². The van der Waals surface area contributed by atoms with Gasteiger partial charge in [0.05, 0.1) is 4.90 Å². The number of carbonyl (C=O) groups excluding carboxylic acids is 1. The highest BCUT2D eigenvalue weighted by Gasteiger charge is 2.25. The summed E-state index contributed by atoms with van der Waals surface area (Å²) in [6.45, 7) is 1.54. The second-order valence-electron chi connectivity index (χ2n) is 7.78. The molecular formula is C24H26N4O3S. The Bertz CT molecular complexity index is 1140. The Morgan fingerprint density at radius 3 is 2.22 bits per heavy atom. The van der Waals surface area contributed by atoms with Crippen LogP contribution < -0.4 is 5.32 Å². The lowest BCUT2D eigenvalue weighted by molar-refractivity contribution is 0.0954. The lowest BCUT2D eigenvalue weighted by atomic mass is 10.2. The minimum atomic E-state index is -3.49. The lowest BCUT2D eigenvalue weighted by Crippen LogP contribution is -2.35. The number of rotatable bonds is 7. The lowest BCUT2D eigenvalue weighted by Gasteiger charge is -2.25. The molecule has 166 valence electrons. The molecule has 1 aromatic heterocycles. The molecule has 0 spiro atoms. The fraction of sp³-hybridized carbons (Fsp3) is 0.292. The van der Waals surface area contributed by atoms with Gasteiger partial charge in [0.25, 0.3) is 5.91 Å². The molecule has 7 nitrogen and oxygen atoms in total. The summed E-state index contributed by atoms with van der Waals surface area (Å²) in [5.74, 6) is 0.423. The highest BCUT2D eigenvalue weighted by Crippen LogP contribution is 2.21. The number of aromatic nitrogens is 2. The van der Waals surface area contributed by atoms with Gasteiger partial charge < -0.3 is 5.32 Å². The van der Waals surface area contributed by atoms with Crippen molar-refractivity contribution in [2.75, 3.05) is 19.6 Å². The Balaban J connectivity index is 1.30. The zero-order valence-corrected chi connectivity index (χ0v) is 18.6. The average molecular weight is 451 g/mol. The highest BCUT2D eigenvalue weighted by molar-refractivity contribution is 7.89. The molecule has 0 radical (unpaired) electrons. The first-order valence-corrected chi connectivity index (χ1v) is 12.2. The van der Waals surface area contributed by atoms with E-state index in [2.05, 4.69) is 15.3 Å². The summed E-state index contributed by atoms with van der Waals surface area (Å²) in [7, 11) is -3.49. The zero-order valence-electron chi connectivity index (χ0n) is 17.8. The number of carbonyl (C=O) groups is 1. The van der Waals surface area contributed by atoms with E-state index in [-0.39, 0.29) is 10.8 Å². The normalized spacial score (nSPS) is 14.8.